The van der Waals surface area contributed by atoms with Gasteiger partial charge in [0, 0.05) is 6.04 Å². The minimum Gasteiger partial charge on any atom is -0.444 e. The Bertz CT molecular complexity index is 315. The number of aliphatic hydroxyl groups is 2. The summed E-state index contributed by atoms with van der Waals surface area (Å²) in [5.74, 6) is 0. The monoisotopic (exact) mass is 342 g/mol. The van der Waals surface area contributed by atoms with E-state index >= 15 is 0 Å². The molecule has 22 heavy (non-hydrogen) atoms. The molecule has 0 aromatic rings. The molecule has 0 saturated carbocycles. The average molecular weight is 343 g/mol. The SMILES string of the molecule is C[C@H](N)C(C)(C)O.C[C@H](NC(=O)OC(C)(C)C)C(C)(C)O.Cl. The van der Waals surface area contributed by atoms with E-state index in [0.29, 0.717) is 0 Å². The van der Waals surface area contributed by atoms with Gasteiger partial charge < -0.3 is 26.0 Å². The molecule has 0 aliphatic heterocycles. The highest BCUT2D eigenvalue weighted by Gasteiger charge is 2.26. The summed E-state index contributed by atoms with van der Waals surface area (Å²) >= 11 is 0. The quantitative estimate of drug-likeness (QED) is 0.629. The van der Waals surface area contributed by atoms with E-state index in [9.17, 15) is 9.90 Å². The third kappa shape index (κ3) is 15.8. The van der Waals surface area contributed by atoms with Crippen LogP contribution >= 0.6 is 12.4 Å². The largest absolute Gasteiger partial charge is 0.444 e. The zero-order valence-corrected chi connectivity index (χ0v) is 16.2. The molecule has 0 aromatic carbocycles. The molecular formula is C15H35ClN2O4. The first-order valence-corrected chi connectivity index (χ1v) is 7.16. The summed E-state index contributed by atoms with van der Waals surface area (Å²) in [7, 11) is 0. The molecular weight excluding hydrogens is 308 g/mol. The molecule has 7 heteroatoms. The Morgan fingerprint density at radius 2 is 1.32 bits per heavy atom. The lowest BCUT2D eigenvalue weighted by Crippen LogP contribution is -2.48. The Morgan fingerprint density at radius 1 is 1.00 bits per heavy atom. The fraction of sp³-hybridized carbons (Fsp3) is 0.933. The van der Waals surface area contributed by atoms with E-state index in [0.717, 1.165) is 0 Å². The number of ether oxygens (including phenoxy) is 1. The summed E-state index contributed by atoms with van der Waals surface area (Å²) in [4.78, 5) is 11.3. The maximum Gasteiger partial charge on any atom is 0.407 e. The zero-order chi connectivity index (χ0) is 17.6. The molecule has 0 rings (SSSR count). The molecule has 0 aromatic heterocycles. The van der Waals surface area contributed by atoms with Gasteiger partial charge in [-0.1, -0.05) is 0 Å². The third-order valence-electron chi connectivity index (χ3n) is 2.91. The van der Waals surface area contributed by atoms with Crippen molar-refractivity contribution in [1.29, 1.82) is 0 Å². The van der Waals surface area contributed by atoms with Crippen LogP contribution in [0, 0.1) is 0 Å². The Hall–Kier alpha value is -0.560. The first kappa shape index (κ1) is 26.3. The predicted molar refractivity (Wildman–Crippen MR) is 92.3 cm³/mol. The van der Waals surface area contributed by atoms with Gasteiger partial charge in [-0.2, -0.15) is 0 Å². The molecule has 0 saturated heterocycles. The minimum atomic E-state index is -0.948. The van der Waals surface area contributed by atoms with Crippen molar-refractivity contribution >= 4 is 18.5 Å². The summed E-state index contributed by atoms with van der Waals surface area (Å²) in [6.45, 7) is 15.5. The van der Waals surface area contributed by atoms with Crippen molar-refractivity contribution in [2.75, 3.05) is 0 Å². The van der Waals surface area contributed by atoms with Crippen LogP contribution in [0.3, 0.4) is 0 Å². The smallest absolute Gasteiger partial charge is 0.407 e. The fourth-order valence-corrected chi connectivity index (χ4v) is 0.661. The number of rotatable bonds is 3. The van der Waals surface area contributed by atoms with Crippen LogP contribution in [0.4, 0.5) is 4.79 Å². The Morgan fingerprint density at radius 3 is 1.50 bits per heavy atom. The topological polar surface area (TPSA) is 105 Å². The number of amides is 1. The number of hydrogen-bond donors (Lipinski definition) is 4. The summed E-state index contributed by atoms with van der Waals surface area (Å²) < 4.78 is 5.04. The molecule has 0 aliphatic rings. The molecule has 0 spiro atoms. The first-order valence-electron chi connectivity index (χ1n) is 7.16. The molecule has 1 amide bonds. The molecule has 0 unspecified atom stereocenters. The lowest BCUT2D eigenvalue weighted by Gasteiger charge is -2.28. The number of nitrogens with two attached hydrogens (primary N) is 1. The van der Waals surface area contributed by atoms with E-state index in [2.05, 4.69) is 5.32 Å². The Kier molecular flexibility index (Phi) is 11.4. The van der Waals surface area contributed by atoms with E-state index in [1.807, 2.05) is 0 Å². The van der Waals surface area contributed by atoms with Crippen molar-refractivity contribution in [2.45, 2.75) is 91.2 Å². The van der Waals surface area contributed by atoms with Gasteiger partial charge in [-0.3, -0.25) is 0 Å². The standard InChI is InChI=1S/C10H21NO3.C5H13NO.ClH/c1-7(10(5,6)13)11-8(12)14-9(2,3)4;1-4(6)5(2,3)7;/h7,13H,1-6H3,(H,11,12);4,7H,6H2,1-3H3;1H/t7-;4-;/m00./s1. The van der Waals surface area contributed by atoms with E-state index in [-0.39, 0.29) is 24.5 Å². The number of nitrogens with one attached hydrogen (secondary N) is 1. The highest BCUT2D eigenvalue weighted by Crippen LogP contribution is 2.10. The highest BCUT2D eigenvalue weighted by molar-refractivity contribution is 5.85. The predicted octanol–water partition coefficient (Wildman–Crippen LogP) is 2.20. The van der Waals surface area contributed by atoms with E-state index in [4.69, 9.17) is 15.6 Å². The first-order chi connectivity index (χ1) is 8.97. The Labute approximate surface area is 141 Å². The molecule has 0 bridgehead atoms. The van der Waals surface area contributed by atoms with Gasteiger partial charge >= 0.3 is 6.09 Å². The van der Waals surface area contributed by atoms with Crippen LogP contribution < -0.4 is 11.1 Å². The van der Waals surface area contributed by atoms with E-state index in [1.54, 1.807) is 62.3 Å². The van der Waals surface area contributed by atoms with Crippen molar-refractivity contribution in [3.8, 4) is 0 Å². The molecule has 5 N–H and O–H groups in total. The van der Waals surface area contributed by atoms with Crippen LogP contribution in [-0.2, 0) is 4.74 Å². The lowest BCUT2D eigenvalue weighted by atomic mass is 10.0. The van der Waals surface area contributed by atoms with E-state index < -0.39 is 22.9 Å². The average Bonchev–Trinajstić information content (AvgIpc) is 2.11. The molecule has 2 atom stereocenters. The number of carbonyl (C=O) groups excluding carboxylic acids is 1. The molecule has 0 heterocycles. The van der Waals surface area contributed by atoms with Crippen LogP contribution in [0.15, 0.2) is 0 Å². The lowest BCUT2D eigenvalue weighted by molar-refractivity contribution is 0.0213. The second kappa shape index (κ2) is 9.55. The van der Waals surface area contributed by atoms with Gasteiger partial charge in [0.2, 0.25) is 0 Å². The van der Waals surface area contributed by atoms with Crippen LogP contribution in [0.2, 0.25) is 0 Å². The van der Waals surface area contributed by atoms with Gasteiger partial charge in [0.05, 0.1) is 17.2 Å². The third-order valence-corrected chi connectivity index (χ3v) is 2.91. The minimum absolute atomic E-state index is 0. The molecule has 6 nitrogen and oxygen atoms in total. The van der Waals surface area contributed by atoms with Crippen molar-refractivity contribution in [3.05, 3.63) is 0 Å². The molecule has 0 fully saturated rings. The maximum absolute atomic E-state index is 11.3. The van der Waals surface area contributed by atoms with Gasteiger partial charge in [0.1, 0.15) is 5.60 Å². The van der Waals surface area contributed by atoms with Gasteiger partial charge in [-0.25, -0.2) is 4.79 Å². The summed E-state index contributed by atoms with van der Waals surface area (Å²) in [6.07, 6.45) is -0.507. The van der Waals surface area contributed by atoms with Gasteiger partial charge in [-0.15, -0.1) is 12.4 Å². The van der Waals surface area contributed by atoms with Crippen LogP contribution in [0.5, 0.6) is 0 Å². The van der Waals surface area contributed by atoms with Crippen LogP contribution in [0.25, 0.3) is 0 Å². The summed E-state index contributed by atoms with van der Waals surface area (Å²) in [6, 6.07) is -0.496. The fourth-order valence-electron chi connectivity index (χ4n) is 0.661. The zero-order valence-electron chi connectivity index (χ0n) is 15.4. The molecule has 0 radical (unpaired) electrons. The second-order valence-electron chi connectivity index (χ2n) is 7.46. The highest BCUT2D eigenvalue weighted by atomic mass is 35.5. The number of carbonyl (C=O) groups is 1. The maximum atomic E-state index is 11.3. The number of alkyl carbamates (subject to hydrolysis) is 1. The van der Waals surface area contributed by atoms with Crippen molar-refractivity contribution in [3.63, 3.8) is 0 Å². The van der Waals surface area contributed by atoms with Crippen molar-refractivity contribution in [1.82, 2.24) is 5.32 Å². The van der Waals surface area contributed by atoms with Crippen LogP contribution in [0.1, 0.15) is 62.3 Å². The number of hydrogen-bond acceptors (Lipinski definition) is 5. The van der Waals surface area contributed by atoms with Crippen molar-refractivity contribution in [2.24, 2.45) is 5.73 Å². The van der Waals surface area contributed by atoms with Gasteiger partial charge in [0.25, 0.3) is 0 Å². The normalized spacial score (nSPS) is 14.7. The molecule has 0 aliphatic carbocycles. The van der Waals surface area contributed by atoms with Gasteiger partial charge in [-0.05, 0) is 62.3 Å². The summed E-state index contributed by atoms with van der Waals surface area (Å²) in [5.41, 5.74) is 3.14. The van der Waals surface area contributed by atoms with Crippen molar-refractivity contribution < 1.29 is 19.7 Å². The summed E-state index contributed by atoms with van der Waals surface area (Å²) in [5, 5.41) is 21.1. The number of halogens is 1. The van der Waals surface area contributed by atoms with E-state index in [1.165, 1.54) is 0 Å². The molecule has 136 valence electrons. The Balaban J connectivity index is -0.000000385. The van der Waals surface area contributed by atoms with Crippen LogP contribution in [-0.4, -0.2) is 45.2 Å². The van der Waals surface area contributed by atoms with Gasteiger partial charge in [0.15, 0.2) is 0 Å². The second-order valence-corrected chi connectivity index (χ2v) is 7.46.